The predicted octanol–water partition coefficient (Wildman–Crippen LogP) is 10.6. The molecule has 0 spiro atoms. The van der Waals surface area contributed by atoms with Gasteiger partial charge in [0, 0.05) is 39.1 Å². The molecule has 49 heavy (non-hydrogen) atoms. The summed E-state index contributed by atoms with van der Waals surface area (Å²) in [6.07, 6.45) is 0. The molecule has 1 aliphatic carbocycles. The van der Waals surface area contributed by atoms with Crippen LogP contribution in [0, 0.1) is 0 Å². The maximum absolute atomic E-state index is 2.67. The number of hydrogen-bond donors (Lipinski definition) is 0. The number of fused-ring (bicyclic) bond motifs is 9. The van der Waals surface area contributed by atoms with Crippen molar-refractivity contribution in [1.29, 1.82) is 0 Å². The first-order chi connectivity index (χ1) is 23.5. The number of anilines is 5. The molecule has 3 heteroatoms. The number of para-hydroxylation sites is 2. The van der Waals surface area contributed by atoms with Gasteiger partial charge in [0.1, 0.15) is 0 Å². The van der Waals surface area contributed by atoms with Crippen LogP contribution in [0.25, 0.3) is 22.3 Å². The van der Waals surface area contributed by atoms with Crippen LogP contribution in [-0.2, 0) is 16.2 Å². The Morgan fingerprint density at radius 3 is 1.92 bits per heavy atom. The smallest absolute Gasteiger partial charge is 0.333 e. The minimum Gasteiger partial charge on any atom is -0.376 e. The highest BCUT2D eigenvalue weighted by Gasteiger charge is 2.50. The molecule has 0 atom stereocenters. The minimum absolute atomic E-state index is 0.0244. The highest BCUT2D eigenvalue weighted by atomic mass is 15.2. The minimum atomic E-state index is -0.129. The second kappa shape index (κ2) is 9.36. The van der Waals surface area contributed by atoms with Crippen molar-refractivity contribution in [2.75, 3.05) is 9.71 Å². The normalized spacial score (nSPS) is 16.7. The van der Waals surface area contributed by atoms with E-state index in [1.54, 1.807) is 0 Å². The Labute approximate surface area is 291 Å². The maximum Gasteiger partial charge on any atom is 0.333 e. The average Bonchev–Trinajstić information content (AvgIpc) is 3.32. The molecule has 0 saturated carbocycles. The van der Waals surface area contributed by atoms with Gasteiger partial charge in [0.2, 0.25) is 0 Å². The highest BCUT2D eigenvalue weighted by Crippen LogP contribution is 2.57. The lowest BCUT2D eigenvalue weighted by Crippen LogP contribution is -2.62. The van der Waals surface area contributed by atoms with Gasteiger partial charge < -0.3 is 9.71 Å². The van der Waals surface area contributed by atoms with Crippen molar-refractivity contribution in [3.63, 3.8) is 0 Å². The number of rotatable bonds is 1. The summed E-state index contributed by atoms with van der Waals surface area (Å²) in [5.41, 5.74) is 21.4. The van der Waals surface area contributed by atoms with Gasteiger partial charge in [-0.15, -0.1) is 0 Å². The van der Waals surface area contributed by atoms with Crippen LogP contribution in [0.2, 0.25) is 0 Å². The fraction of sp³-hybridized carbons (Fsp3) is 0.217. The van der Waals surface area contributed by atoms with E-state index in [0.29, 0.717) is 0 Å². The first-order valence-electron chi connectivity index (χ1n) is 17.8. The van der Waals surface area contributed by atoms with Crippen molar-refractivity contribution in [3.05, 3.63) is 149 Å². The summed E-state index contributed by atoms with van der Waals surface area (Å²) in [4.78, 5) is 5.26. The van der Waals surface area contributed by atoms with Crippen LogP contribution in [0.5, 0.6) is 0 Å². The Hall–Kier alpha value is -5.02. The molecule has 0 fully saturated rings. The molecule has 2 nitrogen and oxygen atoms in total. The lowest BCUT2D eigenvalue weighted by molar-refractivity contribution is 0.590. The van der Waals surface area contributed by atoms with Gasteiger partial charge in [-0.25, -0.2) is 0 Å². The highest BCUT2D eigenvalue weighted by molar-refractivity contribution is 6.93. The van der Waals surface area contributed by atoms with Gasteiger partial charge in [-0.05, 0) is 97.2 Å². The third kappa shape index (κ3) is 3.63. The molecular weight excluding hydrogens is 591 g/mol. The third-order valence-corrected chi connectivity index (χ3v) is 12.2. The van der Waals surface area contributed by atoms with E-state index in [2.05, 4.69) is 180 Å². The fourth-order valence-electron chi connectivity index (χ4n) is 9.64. The quantitative estimate of drug-likeness (QED) is 0.167. The van der Waals surface area contributed by atoms with Gasteiger partial charge in [-0.1, -0.05) is 133 Å². The van der Waals surface area contributed by atoms with Crippen molar-refractivity contribution in [2.45, 2.75) is 64.7 Å². The molecule has 6 aromatic rings. The molecule has 10 rings (SSSR count). The van der Waals surface area contributed by atoms with Crippen LogP contribution < -0.4 is 20.6 Å². The number of nitrogens with zero attached hydrogens (tertiary/aromatic N) is 2. The summed E-state index contributed by atoms with van der Waals surface area (Å²) in [5.74, 6) is 0. The Morgan fingerprint density at radius 1 is 0.510 bits per heavy atom. The Kier molecular flexibility index (Phi) is 5.53. The second-order valence-electron chi connectivity index (χ2n) is 16.6. The van der Waals surface area contributed by atoms with Crippen molar-refractivity contribution in [1.82, 2.24) is 0 Å². The third-order valence-electron chi connectivity index (χ3n) is 12.2. The SMILES string of the molecule is CC(C)(C)c1ccc(N2B3c4cccc5c4N(c4ccccc4C5(C)C)c4cccc(c43)-c3cc4c(cc32)C(C)(C)c2ccccc2-4)cc1. The Bertz CT molecular complexity index is 2390. The summed E-state index contributed by atoms with van der Waals surface area (Å²) in [7, 11) is 0. The van der Waals surface area contributed by atoms with E-state index in [4.69, 9.17) is 0 Å². The Balaban J connectivity index is 1.32. The van der Waals surface area contributed by atoms with Gasteiger partial charge in [0.15, 0.2) is 0 Å². The largest absolute Gasteiger partial charge is 0.376 e. The first-order valence-corrected chi connectivity index (χ1v) is 17.8. The first kappa shape index (κ1) is 28.9. The van der Waals surface area contributed by atoms with Crippen LogP contribution in [0.3, 0.4) is 0 Å². The van der Waals surface area contributed by atoms with Crippen LogP contribution >= 0.6 is 0 Å². The van der Waals surface area contributed by atoms with Gasteiger partial charge >= 0.3 is 6.85 Å². The van der Waals surface area contributed by atoms with E-state index in [0.717, 1.165) is 0 Å². The van der Waals surface area contributed by atoms with E-state index in [9.17, 15) is 0 Å². The molecule has 0 bridgehead atoms. The summed E-state index contributed by atoms with van der Waals surface area (Å²) in [6.45, 7) is 16.5. The van der Waals surface area contributed by atoms with Crippen LogP contribution in [0.4, 0.5) is 28.4 Å². The van der Waals surface area contributed by atoms with E-state index >= 15 is 0 Å². The van der Waals surface area contributed by atoms with E-state index < -0.39 is 0 Å². The molecule has 0 radical (unpaired) electrons. The summed E-state index contributed by atoms with van der Waals surface area (Å²) < 4.78 is 0. The van der Waals surface area contributed by atoms with Crippen LogP contribution in [-0.4, -0.2) is 6.85 Å². The van der Waals surface area contributed by atoms with Crippen molar-refractivity contribution >= 4 is 46.2 Å². The molecule has 6 aromatic carbocycles. The molecule has 0 N–H and O–H groups in total. The molecule has 3 aliphatic heterocycles. The summed E-state index contributed by atoms with van der Waals surface area (Å²) >= 11 is 0. The molecular formula is C46H41BN2. The zero-order chi connectivity index (χ0) is 33.6. The molecule has 0 amide bonds. The zero-order valence-electron chi connectivity index (χ0n) is 29.5. The van der Waals surface area contributed by atoms with Gasteiger partial charge in [0.05, 0.1) is 5.69 Å². The van der Waals surface area contributed by atoms with Crippen LogP contribution in [0.1, 0.15) is 76.3 Å². The number of benzene rings is 6. The Morgan fingerprint density at radius 2 is 1.14 bits per heavy atom. The van der Waals surface area contributed by atoms with Gasteiger partial charge in [-0.3, -0.25) is 0 Å². The summed E-state index contributed by atoms with van der Waals surface area (Å²) in [6, 6.07) is 46.6. The average molecular weight is 633 g/mol. The standard InChI is InChI=1S/C46H41BN2/c1-44(2,3)28-22-24-29(25-23-28)49-41-27-37-32(30-14-8-9-16-34(30)45(37,4)5)26-33(41)31-15-12-21-40-42(31)47(49)38-19-13-18-36-43(38)48(40)39-20-11-10-17-35(39)46(36,6)7/h8-27H,1-7H3. The molecule has 238 valence electrons. The molecule has 0 aromatic heterocycles. The molecule has 4 aliphatic rings. The van der Waals surface area contributed by atoms with Crippen molar-refractivity contribution < 1.29 is 0 Å². The predicted molar refractivity (Wildman–Crippen MR) is 209 cm³/mol. The zero-order valence-corrected chi connectivity index (χ0v) is 29.5. The van der Waals surface area contributed by atoms with Crippen molar-refractivity contribution in [3.8, 4) is 22.3 Å². The van der Waals surface area contributed by atoms with Crippen LogP contribution in [0.15, 0.2) is 121 Å². The maximum atomic E-state index is 2.67. The fourth-order valence-corrected chi connectivity index (χ4v) is 9.64. The molecule has 0 saturated heterocycles. The van der Waals surface area contributed by atoms with E-state index in [-0.39, 0.29) is 23.1 Å². The van der Waals surface area contributed by atoms with E-state index in [1.807, 2.05) is 0 Å². The number of hydrogen-bond acceptors (Lipinski definition) is 2. The lowest BCUT2D eigenvalue weighted by atomic mass is 9.42. The van der Waals surface area contributed by atoms with Gasteiger partial charge in [0.25, 0.3) is 0 Å². The van der Waals surface area contributed by atoms with Crippen molar-refractivity contribution in [2.24, 2.45) is 0 Å². The molecule has 0 unspecified atom stereocenters. The molecule has 3 heterocycles. The van der Waals surface area contributed by atoms with E-state index in [1.165, 1.54) is 89.4 Å². The van der Waals surface area contributed by atoms with Gasteiger partial charge in [-0.2, -0.15) is 0 Å². The second-order valence-corrected chi connectivity index (χ2v) is 16.6. The topological polar surface area (TPSA) is 6.48 Å². The lowest BCUT2D eigenvalue weighted by Gasteiger charge is -2.50. The monoisotopic (exact) mass is 632 g/mol. The summed E-state index contributed by atoms with van der Waals surface area (Å²) in [5, 5.41) is 0.